The van der Waals surface area contributed by atoms with Crippen molar-refractivity contribution in [2.75, 3.05) is 43.1 Å². The van der Waals surface area contributed by atoms with Gasteiger partial charge in [0.1, 0.15) is 17.3 Å². The van der Waals surface area contributed by atoms with Crippen LogP contribution in [0.15, 0.2) is 54.6 Å². The number of halogens is 5. The van der Waals surface area contributed by atoms with E-state index in [0.29, 0.717) is 33.4 Å². The summed E-state index contributed by atoms with van der Waals surface area (Å²) in [5.74, 6) is -1.52. The number of ether oxygens (including phenoxy) is 2. The van der Waals surface area contributed by atoms with Crippen LogP contribution in [0.1, 0.15) is 48.5 Å². The molecule has 0 bridgehead atoms. The number of anilines is 2. The van der Waals surface area contributed by atoms with Crippen LogP contribution >= 0.6 is 22.9 Å². The number of thiophene rings is 1. The number of alkyl halides is 3. The number of hydrogen-bond acceptors (Lipinski definition) is 7. The number of benzene rings is 3. The Balaban J connectivity index is 1.66. The number of fused-ring (bicyclic) bond motifs is 1. The fourth-order valence-corrected chi connectivity index (χ4v) is 7.07. The molecule has 1 heterocycles. The number of hydrogen-bond donors (Lipinski definition) is 1. The third kappa shape index (κ3) is 9.30. The Hall–Kier alpha value is -3.59. The molecule has 4 rings (SSSR count). The van der Waals surface area contributed by atoms with Crippen LogP contribution in [0.2, 0.25) is 5.02 Å². The molecule has 48 heavy (non-hydrogen) atoms. The van der Waals surface area contributed by atoms with Crippen LogP contribution in [-0.4, -0.2) is 65.1 Å². The second-order valence-corrected chi connectivity index (χ2v) is 15.7. The molecule has 1 amide bonds. The first-order valence-corrected chi connectivity index (χ1v) is 17.7. The van der Waals surface area contributed by atoms with Crippen molar-refractivity contribution in [3.05, 3.63) is 81.4 Å². The highest BCUT2D eigenvalue weighted by atomic mass is 35.5. The van der Waals surface area contributed by atoms with Crippen LogP contribution in [0.4, 0.5) is 28.9 Å². The maximum atomic E-state index is 15.2. The van der Waals surface area contributed by atoms with Crippen molar-refractivity contribution >= 4 is 60.3 Å². The lowest BCUT2D eigenvalue weighted by molar-refractivity contribution is -0.274. The highest BCUT2D eigenvalue weighted by Gasteiger charge is 2.33. The number of sulfonamides is 1. The Morgan fingerprint density at radius 1 is 0.958 bits per heavy atom. The lowest BCUT2D eigenvalue weighted by Gasteiger charge is -2.28. The van der Waals surface area contributed by atoms with Gasteiger partial charge in [-0.25, -0.2) is 12.8 Å². The number of rotatable bonds is 12. The van der Waals surface area contributed by atoms with E-state index in [1.807, 2.05) is 0 Å². The maximum Gasteiger partial charge on any atom is 0.573 e. The number of amides is 1. The Morgan fingerprint density at radius 3 is 2.21 bits per heavy atom. The van der Waals surface area contributed by atoms with Crippen molar-refractivity contribution < 1.29 is 40.2 Å². The van der Waals surface area contributed by atoms with Gasteiger partial charge in [0.05, 0.1) is 22.9 Å². The van der Waals surface area contributed by atoms with Crippen molar-refractivity contribution in [1.82, 2.24) is 4.90 Å². The maximum absolute atomic E-state index is 15.2. The molecule has 0 radical (unpaired) electrons. The van der Waals surface area contributed by atoms with Gasteiger partial charge >= 0.3 is 6.36 Å². The van der Waals surface area contributed by atoms with E-state index in [9.17, 15) is 26.4 Å². The van der Waals surface area contributed by atoms with Crippen LogP contribution in [0.25, 0.3) is 10.1 Å². The van der Waals surface area contributed by atoms with Gasteiger partial charge in [0.2, 0.25) is 10.0 Å². The summed E-state index contributed by atoms with van der Waals surface area (Å²) in [5.41, 5.74) is 0.272. The van der Waals surface area contributed by atoms with Gasteiger partial charge in [0, 0.05) is 40.0 Å². The van der Waals surface area contributed by atoms with Crippen molar-refractivity contribution in [3.8, 4) is 11.5 Å². The molecule has 0 aliphatic carbocycles. The molecule has 0 unspecified atom stereocenters. The molecule has 0 saturated carbocycles. The summed E-state index contributed by atoms with van der Waals surface area (Å²) in [7, 11) is -0.249. The smallest absolute Gasteiger partial charge is 0.491 e. The SMILES string of the molecule is CC(C)Oc1cc(OC(F)(F)F)cc(C(C)(C)c2cc(Cl)cc(NC(=O)c3cc4cc(N(CCN(C)C)S(C)(=O)=O)c(F)cc4s3)c2)c1. The second kappa shape index (κ2) is 14.1. The molecule has 8 nitrogen and oxygen atoms in total. The minimum Gasteiger partial charge on any atom is -0.491 e. The normalized spacial score (nSPS) is 12.5. The van der Waals surface area contributed by atoms with Gasteiger partial charge in [-0.15, -0.1) is 24.5 Å². The number of carbonyl (C=O) groups excluding carboxylic acids is 1. The van der Waals surface area contributed by atoms with Crippen LogP contribution < -0.4 is 19.1 Å². The van der Waals surface area contributed by atoms with Gasteiger partial charge in [-0.2, -0.15) is 0 Å². The predicted molar refractivity (Wildman–Crippen MR) is 183 cm³/mol. The second-order valence-electron chi connectivity index (χ2n) is 12.3. The standard InChI is InChI=1S/C33H36ClF4N3O5S2/c1-19(2)45-25-14-22(15-26(17-25)46-33(36,37)38)32(3,4)21-12-23(34)16-24(13-21)39-31(42)30-11-20-10-28(27(35)18-29(20)47-30)41(48(7,43)44)9-8-40(5)6/h10-19H,8-9H2,1-7H3,(H,39,42). The molecule has 260 valence electrons. The molecule has 4 aromatic rings. The fourth-order valence-electron chi connectivity index (χ4n) is 4.96. The average molecular weight is 730 g/mol. The summed E-state index contributed by atoms with van der Waals surface area (Å²) >= 11 is 7.48. The molecule has 0 aliphatic heterocycles. The van der Waals surface area contributed by atoms with E-state index >= 15 is 4.39 Å². The zero-order valence-corrected chi connectivity index (χ0v) is 29.7. The lowest BCUT2D eigenvalue weighted by Crippen LogP contribution is -2.36. The zero-order chi connectivity index (χ0) is 35.8. The van der Waals surface area contributed by atoms with Gasteiger partial charge < -0.3 is 19.7 Å². The molecule has 0 spiro atoms. The monoisotopic (exact) mass is 729 g/mol. The summed E-state index contributed by atoms with van der Waals surface area (Å²) in [6.45, 7) is 7.46. The minimum absolute atomic E-state index is 0.0326. The predicted octanol–water partition coefficient (Wildman–Crippen LogP) is 8.29. The van der Waals surface area contributed by atoms with Crippen molar-refractivity contribution in [2.45, 2.75) is 45.6 Å². The molecule has 15 heteroatoms. The van der Waals surface area contributed by atoms with Gasteiger partial charge in [-0.05, 0) is 93.0 Å². The third-order valence-electron chi connectivity index (χ3n) is 7.31. The van der Waals surface area contributed by atoms with Crippen LogP contribution in [0.5, 0.6) is 11.5 Å². The van der Waals surface area contributed by atoms with Crippen LogP contribution in [0.3, 0.4) is 0 Å². The fraction of sp³-hybridized carbons (Fsp3) is 0.364. The molecule has 0 atom stereocenters. The van der Waals surface area contributed by atoms with Crippen molar-refractivity contribution in [1.29, 1.82) is 0 Å². The highest BCUT2D eigenvalue weighted by molar-refractivity contribution is 7.92. The Morgan fingerprint density at radius 2 is 1.60 bits per heavy atom. The van der Waals surface area contributed by atoms with E-state index in [2.05, 4.69) is 10.1 Å². The molecular weight excluding hydrogens is 694 g/mol. The summed E-state index contributed by atoms with van der Waals surface area (Å²) in [5, 5.41) is 3.54. The largest absolute Gasteiger partial charge is 0.573 e. The Labute approximate surface area is 286 Å². The molecule has 0 saturated heterocycles. The van der Waals surface area contributed by atoms with Crippen LogP contribution in [0, 0.1) is 5.82 Å². The van der Waals surface area contributed by atoms with E-state index in [1.165, 1.54) is 30.3 Å². The topological polar surface area (TPSA) is 88.2 Å². The summed E-state index contributed by atoms with van der Waals surface area (Å²) < 4.78 is 91.0. The molecular formula is C33H36ClF4N3O5S2. The lowest BCUT2D eigenvalue weighted by atomic mass is 9.78. The first-order chi connectivity index (χ1) is 22.1. The molecule has 1 aromatic heterocycles. The molecule has 0 fully saturated rings. The van der Waals surface area contributed by atoms with Crippen molar-refractivity contribution in [3.63, 3.8) is 0 Å². The first-order valence-electron chi connectivity index (χ1n) is 14.7. The van der Waals surface area contributed by atoms with E-state index in [-0.39, 0.29) is 34.0 Å². The third-order valence-corrected chi connectivity index (χ3v) is 9.81. The number of likely N-dealkylation sites (N-methyl/N-ethyl adjacent to an activating group) is 1. The van der Waals surface area contributed by atoms with E-state index < -0.39 is 39.3 Å². The van der Waals surface area contributed by atoms with Crippen molar-refractivity contribution in [2.24, 2.45) is 0 Å². The van der Waals surface area contributed by atoms with E-state index in [4.69, 9.17) is 16.3 Å². The number of carbonyl (C=O) groups is 1. The summed E-state index contributed by atoms with van der Waals surface area (Å²) in [6.07, 6.45) is -4.22. The quantitative estimate of drug-likeness (QED) is 0.148. The number of nitrogens with zero attached hydrogens (tertiary/aromatic N) is 2. The van der Waals surface area contributed by atoms with Gasteiger partial charge in [-0.1, -0.05) is 25.4 Å². The number of nitrogens with one attached hydrogen (secondary N) is 1. The minimum atomic E-state index is -4.91. The highest BCUT2D eigenvalue weighted by Crippen LogP contribution is 2.40. The van der Waals surface area contributed by atoms with Gasteiger partial charge in [-0.3, -0.25) is 9.10 Å². The summed E-state index contributed by atoms with van der Waals surface area (Å²) in [4.78, 5) is 15.4. The molecule has 3 aromatic carbocycles. The zero-order valence-electron chi connectivity index (χ0n) is 27.3. The Bertz CT molecular complexity index is 1930. The van der Waals surface area contributed by atoms with Crippen LogP contribution in [-0.2, 0) is 15.4 Å². The molecule has 0 aliphatic rings. The van der Waals surface area contributed by atoms with Gasteiger partial charge in [0.25, 0.3) is 5.91 Å². The Kier molecular flexibility index (Phi) is 10.9. The average Bonchev–Trinajstić information content (AvgIpc) is 3.33. The molecule has 1 N–H and O–H groups in total. The summed E-state index contributed by atoms with van der Waals surface area (Å²) in [6, 6.07) is 13.0. The van der Waals surface area contributed by atoms with E-state index in [0.717, 1.165) is 21.9 Å². The van der Waals surface area contributed by atoms with Gasteiger partial charge in [0.15, 0.2) is 0 Å². The van der Waals surface area contributed by atoms with E-state index in [1.54, 1.807) is 71.0 Å². The first kappa shape index (κ1) is 37.2.